The van der Waals surface area contributed by atoms with Gasteiger partial charge in [-0.2, -0.15) is 0 Å². The standard InChI is InChI=1S/C12H8IN3/c13-10-6-7-16-11(8-10)14-15-12(16)9-4-2-1-3-5-9/h1-8H. The molecular formula is C12H8IN3. The molecule has 0 radical (unpaired) electrons. The average Bonchev–Trinajstić information content (AvgIpc) is 2.73. The lowest BCUT2D eigenvalue weighted by atomic mass is 10.2. The highest BCUT2D eigenvalue weighted by Crippen LogP contribution is 2.18. The van der Waals surface area contributed by atoms with Crippen LogP contribution in [0.2, 0.25) is 0 Å². The molecule has 0 spiro atoms. The second-order valence-electron chi connectivity index (χ2n) is 3.46. The molecule has 2 heterocycles. The van der Waals surface area contributed by atoms with E-state index >= 15 is 0 Å². The highest BCUT2D eigenvalue weighted by atomic mass is 127. The summed E-state index contributed by atoms with van der Waals surface area (Å²) in [7, 11) is 0. The van der Waals surface area contributed by atoms with E-state index in [0.717, 1.165) is 20.6 Å². The van der Waals surface area contributed by atoms with Crippen LogP contribution in [0.25, 0.3) is 17.0 Å². The molecule has 16 heavy (non-hydrogen) atoms. The average molecular weight is 321 g/mol. The van der Waals surface area contributed by atoms with Gasteiger partial charge in [-0.15, -0.1) is 10.2 Å². The fourth-order valence-corrected chi connectivity index (χ4v) is 2.09. The first-order chi connectivity index (χ1) is 7.84. The summed E-state index contributed by atoms with van der Waals surface area (Å²) in [6, 6.07) is 14.1. The van der Waals surface area contributed by atoms with Crippen molar-refractivity contribution in [3.63, 3.8) is 0 Å². The smallest absolute Gasteiger partial charge is 0.168 e. The number of fused-ring (bicyclic) bond motifs is 1. The number of nitrogens with zero attached hydrogens (tertiary/aromatic N) is 3. The molecule has 0 aliphatic rings. The molecule has 78 valence electrons. The minimum atomic E-state index is 0.880. The van der Waals surface area contributed by atoms with Gasteiger partial charge in [0.05, 0.1) is 0 Å². The van der Waals surface area contributed by atoms with E-state index in [1.54, 1.807) is 0 Å². The molecule has 0 aliphatic carbocycles. The van der Waals surface area contributed by atoms with Crippen LogP contribution in [0.15, 0.2) is 48.7 Å². The minimum absolute atomic E-state index is 0.880. The second-order valence-corrected chi connectivity index (χ2v) is 4.71. The number of aromatic nitrogens is 3. The minimum Gasteiger partial charge on any atom is -0.282 e. The highest BCUT2D eigenvalue weighted by molar-refractivity contribution is 14.1. The van der Waals surface area contributed by atoms with Crippen molar-refractivity contribution in [2.75, 3.05) is 0 Å². The third kappa shape index (κ3) is 1.59. The van der Waals surface area contributed by atoms with Crippen LogP contribution in [-0.4, -0.2) is 14.6 Å². The van der Waals surface area contributed by atoms with Crippen LogP contribution < -0.4 is 0 Å². The molecule has 2 aromatic heterocycles. The van der Waals surface area contributed by atoms with Crippen LogP contribution in [0.5, 0.6) is 0 Å². The largest absolute Gasteiger partial charge is 0.282 e. The van der Waals surface area contributed by atoms with E-state index in [0.29, 0.717) is 0 Å². The van der Waals surface area contributed by atoms with Gasteiger partial charge < -0.3 is 0 Å². The van der Waals surface area contributed by atoms with Gasteiger partial charge in [0.15, 0.2) is 11.5 Å². The Balaban J connectivity index is 2.26. The van der Waals surface area contributed by atoms with Crippen molar-refractivity contribution in [3.05, 3.63) is 52.2 Å². The maximum atomic E-state index is 4.22. The molecule has 0 aliphatic heterocycles. The van der Waals surface area contributed by atoms with Gasteiger partial charge in [0, 0.05) is 15.3 Å². The Hall–Kier alpha value is -1.43. The lowest BCUT2D eigenvalue weighted by molar-refractivity contribution is 1.11. The number of benzene rings is 1. The molecule has 0 N–H and O–H groups in total. The SMILES string of the molecule is Ic1ccn2c(-c3ccccc3)nnc2c1. The molecule has 3 aromatic rings. The second kappa shape index (κ2) is 3.86. The molecule has 1 aromatic carbocycles. The quantitative estimate of drug-likeness (QED) is 0.645. The number of halogens is 1. The third-order valence-electron chi connectivity index (χ3n) is 2.40. The maximum Gasteiger partial charge on any atom is 0.168 e. The van der Waals surface area contributed by atoms with Gasteiger partial charge in [-0.05, 0) is 34.7 Å². The van der Waals surface area contributed by atoms with Crippen LogP contribution in [0.1, 0.15) is 0 Å². The number of hydrogen-bond acceptors (Lipinski definition) is 2. The number of hydrogen-bond donors (Lipinski definition) is 0. The zero-order chi connectivity index (χ0) is 11.0. The van der Waals surface area contributed by atoms with Gasteiger partial charge >= 0.3 is 0 Å². The first-order valence-electron chi connectivity index (χ1n) is 4.90. The van der Waals surface area contributed by atoms with Gasteiger partial charge in [-0.25, -0.2) is 0 Å². The molecule has 4 heteroatoms. The maximum absolute atomic E-state index is 4.22. The first-order valence-corrected chi connectivity index (χ1v) is 5.98. The lowest BCUT2D eigenvalue weighted by Gasteiger charge is -1.99. The van der Waals surface area contributed by atoms with Crippen molar-refractivity contribution in [2.45, 2.75) is 0 Å². The van der Waals surface area contributed by atoms with Crippen LogP contribution in [0.4, 0.5) is 0 Å². The van der Waals surface area contributed by atoms with E-state index in [4.69, 9.17) is 0 Å². The molecule has 0 saturated carbocycles. The van der Waals surface area contributed by atoms with Crippen LogP contribution in [0.3, 0.4) is 0 Å². The van der Waals surface area contributed by atoms with Crippen LogP contribution >= 0.6 is 22.6 Å². The summed E-state index contributed by atoms with van der Waals surface area (Å²) in [5.41, 5.74) is 1.96. The summed E-state index contributed by atoms with van der Waals surface area (Å²) in [4.78, 5) is 0. The van der Waals surface area contributed by atoms with Gasteiger partial charge in [0.1, 0.15) is 0 Å². The summed E-state index contributed by atoms with van der Waals surface area (Å²) in [5.74, 6) is 0.881. The predicted molar refractivity (Wildman–Crippen MR) is 71.1 cm³/mol. The number of rotatable bonds is 1. The zero-order valence-electron chi connectivity index (χ0n) is 8.34. The Morgan fingerprint density at radius 1 is 1.00 bits per heavy atom. The molecule has 0 fully saturated rings. The van der Waals surface area contributed by atoms with Crippen molar-refractivity contribution < 1.29 is 0 Å². The van der Waals surface area contributed by atoms with Crippen molar-refractivity contribution in [1.82, 2.24) is 14.6 Å². The zero-order valence-corrected chi connectivity index (χ0v) is 10.5. The lowest BCUT2D eigenvalue weighted by Crippen LogP contribution is -1.88. The van der Waals surface area contributed by atoms with Gasteiger partial charge in [0.2, 0.25) is 0 Å². The van der Waals surface area contributed by atoms with Gasteiger partial charge in [-0.3, -0.25) is 4.40 Å². The molecule has 0 unspecified atom stereocenters. The van der Waals surface area contributed by atoms with E-state index in [2.05, 4.69) is 32.8 Å². The van der Waals surface area contributed by atoms with E-state index in [1.807, 2.05) is 53.1 Å². The Labute approximate surface area is 106 Å². The predicted octanol–water partition coefficient (Wildman–Crippen LogP) is 3.00. The summed E-state index contributed by atoms with van der Waals surface area (Å²) in [6.07, 6.45) is 2.00. The fraction of sp³-hybridized carbons (Fsp3) is 0. The molecule has 0 saturated heterocycles. The van der Waals surface area contributed by atoms with Crippen molar-refractivity contribution in [3.8, 4) is 11.4 Å². The molecular weight excluding hydrogens is 313 g/mol. The van der Waals surface area contributed by atoms with E-state index in [9.17, 15) is 0 Å². The van der Waals surface area contributed by atoms with Gasteiger partial charge in [-0.1, -0.05) is 30.3 Å². The summed E-state index contributed by atoms with van der Waals surface area (Å²) in [5, 5.41) is 8.38. The van der Waals surface area contributed by atoms with E-state index < -0.39 is 0 Å². The first kappa shape index (κ1) is 9.77. The van der Waals surface area contributed by atoms with E-state index in [-0.39, 0.29) is 0 Å². The molecule has 3 rings (SSSR count). The summed E-state index contributed by atoms with van der Waals surface area (Å²) >= 11 is 2.27. The van der Waals surface area contributed by atoms with Crippen LogP contribution in [0, 0.1) is 3.57 Å². The molecule has 0 bridgehead atoms. The Kier molecular flexibility index (Phi) is 2.36. The summed E-state index contributed by atoms with van der Waals surface area (Å²) < 4.78 is 3.16. The Morgan fingerprint density at radius 2 is 1.81 bits per heavy atom. The topological polar surface area (TPSA) is 30.2 Å². The molecule has 0 amide bonds. The van der Waals surface area contributed by atoms with E-state index in [1.165, 1.54) is 0 Å². The summed E-state index contributed by atoms with van der Waals surface area (Å²) in [6.45, 7) is 0. The highest BCUT2D eigenvalue weighted by Gasteiger charge is 2.06. The van der Waals surface area contributed by atoms with Gasteiger partial charge in [0.25, 0.3) is 0 Å². The van der Waals surface area contributed by atoms with Crippen LogP contribution in [-0.2, 0) is 0 Å². The van der Waals surface area contributed by atoms with Crippen molar-refractivity contribution in [1.29, 1.82) is 0 Å². The Bertz CT molecular complexity index is 631. The Morgan fingerprint density at radius 3 is 2.62 bits per heavy atom. The molecule has 0 atom stereocenters. The third-order valence-corrected chi connectivity index (χ3v) is 3.07. The normalized spacial score (nSPS) is 10.8. The fourth-order valence-electron chi connectivity index (χ4n) is 1.65. The monoisotopic (exact) mass is 321 g/mol. The number of pyridine rings is 1. The van der Waals surface area contributed by atoms with Crippen molar-refractivity contribution >= 4 is 28.2 Å². The molecule has 3 nitrogen and oxygen atoms in total. The van der Waals surface area contributed by atoms with Crippen molar-refractivity contribution in [2.24, 2.45) is 0 Å².